The van der Waals surface area contributed by atoms with E-state index in [0.717, 1.165) is 41.5 Å². The maximum Gasteiger partial charge on any atom is 0.129 e. The number of nitrogens with zero attached hydrogens (tertiary/aromatic N) is 1. The third kappa shape index (κ3) is 2.95. The van der Waals surface area contributed by atoms with Gasteiger partial charge in [0.05, 0.1) is 6.10 Å². The molecule has 0 aromatic carbocycles. The minimum atomic E-state index is -0.1000. The summed E-state index contributed by atoms with van der Waals surface area (Å²) in [6.07, 6.45) is 5.56. The van der Waals surface area contributed by atoms with E-state index >= 15 is 0 Å². The molecule has 1 fully saturated rings. The van der Waals surface area contributed by atoms with Crippen molar-refractivity contribution < 1.29 is 5.11 Å². The largest absolute Gasteiger partial charge is 0.393 e. The van der Waals surface area contributed by atoms with Crippen LogP contribution in [0.3, 0.4) is 0 Å². The standard InChI is InChI=1S/C12H17BrN2O/c1-8-6-9(13)7-14-12(8)15-10-2-4-11(16)5-3-10/h6-7,10-11,16H,2-5H2,1H3,(H,14,15). The average molecular weight is 285 g/mol. The minimum absolute atomic E-state index is 0.1000. The van der Waals surface area contributed by atoms with Gasteiger partial charge in [-0.2, -0.15) is 0 Å². The Hall–Kier alpha value is -0.610. The molecule has 16 heavy (non-hydrogen) atoms. The smallest absolute Gasteiger partial charge is 0.129 e. The van der Waals surface area contributed by atoms with Gasteiger partial charge < -0.3 is 10.4 Å². The Morgan fingerprint density at radius 2 is 2.06 bits per heavy atom. The highest BCUT2D eigenvalue weighted by Gasteiger charge is 2.19. The van der Waals surface area contributed by atoms with Crippen LogP contribution in [0.1, 0.15) is 31.2 Å². The predicted molar refractivity (Wildman–Crippen MR) is 68.6 cm³/mol. The van der Waals surface area contributed by atoms with Gasteiger partial charge in [-0.15, -0.1) is 0 Å². The van der Waals surface area contributed by atoms with Gasteiger partial charge in [0.2, 0.25) is 0 Å². The number of aliphatic hydroxyl groups is 1. The van der Waals surface area contributed by atoms with Gasteiger partial charge in [-0.3, -0.25) is 0 Å². The van der Waals surface area contributed by atoms with E-state index in [1.165, 1.54) is 0 Å². The number of aliphatic hydroxyl groups excluding tert-OH is 1. The molecular formula is C12H17BrN2O. The first-order chi connectivity index (χ1) is 7.65. The fraction of sp³-hybridized carbons (Fsp3) is 0.583. The van der Waals surface area contributed by atoms with Crippen LogP contribution in [-0.4, -0.2) is 22.2 Å². The quantitative estimate of drug-likeness (QED) is 0.878. The Morgan fingerprint density at radius 3 is 2.69 bits per heavy atom. The molecule has 1 aromatic heterocycles. The van der Waals surface area contributed by atoms with Crippen LogP contribution in [0.2, 0.25) is 0 Å². The lowest BCUT2D eigenvalue weighted by molar-refractivity contribution is 0.126. The Balaban J connectivity index is 1.98. The zero-order valence-electron chi connectivity index (χ0n) is 9.41. The van der Waals surface area contributed by atoms with Crippen molar-refractivity contribution in [1.82, 2.24) is 4.98 Å². The molecule has 0 unspecified atom stereocenters. The molecule has 0 radical (unpaired) electrons. The second-order valence-corrected chi connectivity index (χ2v) is 5.38. The van der Waals surface area contributed by atoms with Crippen LogP contribution in [0.4, 0.5) is 5.82 Å². The summed E-state index contributed by atoms with van der Waals surface area (Å²) in [7, 11) is 0. The second kappa shape index (κ2) is 5.15. The van der Waals surface area contributed by atoms with Gasteiger partial charge in [-0.05, 0) is 60.2 Å². The Bertz CT molecular complexity index is 362. The molecule has 0 atom stereocenters. The van der Waals surface area contributed by atoms with E-state index in [2.05, 4.69) is 39.2 Å². The van der Waals surface area contributed by atoms with Gasteiger partial charge in [-0.1, -0.05) is 0 Å². The molecule has 1 heterocycles. The summed E-state index contributed by atoms with van der Waals surface area (Å²) in [5.74, 6) is 0.963. The van der Waals surface area contributed by atoms with Crippen LogP contribution in [0.25, 0.3) is 0 Å². The molecule has 0 spiro atoms. The van der Waals surface area contributed by atoms with E-state index in [9.17, 15) is 5.11 Å². The molecule has 0 saturated heterocycles. The van der Waals surface area contributed by atoms with Gasteiger partial charge in [0.15, 0.2) is 0 Å². The molecular weight excluding hydrogens is 268 g/mol. The molecule has 0 bridgehead atoms. The maximum absolute atomic E-state index is 9.43. The van der Waals surface area contributed by atoms with Gasteiger partial charge >= 0.3 is 0 Å². The Morgan fingerprint density at radius 1 is 1.38 bits per heavy atom. The van der Waals surface area contributed by atoms with E-state index in [4.69, 9.17) is 0 Å². The first-order valence-electron chi connectivity index (χ1n) is 5.72. The topological polar surface area (TPSA) is 45.2 Å². The number of halogens is 1. The number of rotatable bonds is 2. The number of aryl methyl sites for hydroxylation is 1. The number of hydrogen-bond acceptors (Lipinski definition) is 3. The summed E-state index contributed by atoms with van der Waals surface area (Å²) in [4.78, 5) is 4.37. The van der Waals surface area contributed by atoms with Crippen LogP contribution in [0.5, 0.6) is 0 Å². The SMILES string of the molecule is Cc1cc(Br)cnc1NC1CCC(O)CC1. The van der Waals surface area contributed by atoms with Crippen molar-refractivity contribution in [2.24, 2.45) is 0 Å². The first kappa shape index (κ1) is 11.9. The lowest BCUT2D eigenvalue weighted by Crippen LogP contribution is -2.28. The third-order valence-electron chi connectivity index (χ3n) is 3.08. The summed E-state index contributed by atoms with van der Waals surface area (Å²) in [6.45, 7) is 2.05. The maximum atomic E-state index is 9.43. The molecule has 3 nitrogen and oxygen atoms in total. The van der Waals surface area contributed by atoms with Gasteiger partial charge in [-0.25, -0.2) is 4.98 Å². The van der Waals surface area contributed by atoms with Crippen molar-refractivity contribution in [1.29, 1.82) is 0 Å². The minimum Gasteiger partial charge on any atom is -0.393 e. The van der Waals surface area contributed by atoms with Crippen molar-refractivity contribution in [3.8, 4) is 0 Å². The number of anilines is 1. The Kier molecular flexibility index (Phi) is 3.82. The second-order valence-electron chi connectivity index (χ2n) is 4.47. The van der Waals surface area contributed by atoms with Gasteiger partial charge in [0.25, 0.3) is 0 Å². The fourth-order valence-corrected chi connectivity index (χ4v) is 2.55. The molecule has 0 amide bonds. The van der Waals surface area contributed by atoms with Crippen molar-refractivity contribution in [2.75, 3.05) is 5.32 Å². The Labute approximate surface area is 104 Å². The van der Waals surface area contributed by atoms with Crippen molar-refractivity contribution in [2.45, 2.75) is 44.8 Å². The average Bonchev–Trinajstić information content (AvgIpc) is 2.25. The number of hydrogen-bond donors (Lipinski definition) is 2. The number of aromatic nitrogens is 1. The molecule has 1 aromatic rings. The van der Waals surface area contributed by atoms with E-state index in [0.29, 0.717) is 6.04 Å². The molecule has 2 rings (SSSR count). The highest BCUT2D eigenvalue weighted by atomic mass is 79.9. The monoisotopic (exact) mass is 284 g/mol. The summed E-state index contributed by atoms with van der Waals surface area (Å²) < 4.78 is 1.01. The van der Waals surface area contributed by atoms with Gasteiger partial charge in [0, 0.05) is 16.7 Å². The zero-order chi connectivity index (χ0) is 11.5. The van der Waals surface area contributed by atoms with Crippen molar-refractivity contribution >= 4 is 21.7 Å². The van der Waals surface area contributed by atoms with Crippen LogP contribution in [-0.2, 0) is 0 Å². The van der Waals surface area contributed by atoms with Gasteiger partial charge in [0.1, 0.15) is 5.82 Å². The summed E-state index contributed by atoms with van der Waals surface area (Å²) in [5.41, 5.74) is 1.15. The van der Waals surface area contributed by atoms with Crippen LogP contribution >= 0.6 is 15.9 Å². The summed E-state index contributed by atoms with van der Waals surface area (Å²) >= 11 is 3.41. The summed E-state index contributed by atoms with van der Waals surface area (Å²) in [5, 5.41) is 12.9. The molecule has 1 saturated carbocycles. The molecule has 2 N–H and O–H groups in total. The highest BCUT2D eigenvalue weighted by molar-refractivity contribution is 9.10. The fourth-order valence-electron chi connectivity index (χ4n) is 2.11. The van der Waals surface area contributed by atoms with E-state index < -0.39 is 0 Å². The van der Waals surface area contributed by atoms with E-state index in [-0.39, 0.29) is 6.10 Å². The zero-order valence-corrected chi connectivity index (χ0v) is 11.0. The first-order valence-corrected chi connectivity index (χ1v) is 6.51. The third-order valence-corrected chi connectivity index (χ3v) is 3.52. The van der Waals surface area contributed by atoms with Crippen molar-refractivity contribution in [3.63, 3.8) is 0 Å². The van der Waals surface area contributed by atoms with Crippen LogP contribution in [0.15, 0.2) is 16.7 Å². The molecule has 1 aliphatic carbocycles. The van der Waals surface area contributed by atoms with Crippen LogP contribution < -0.4 is 5.32 Å². The molecule has 4 heteroatoms. The lowest BCUT2D eigenvalue weighted by atomic mass is 9.93. The predicted octanol–water partition coefficient (Wildman–Crippen LogP) is 2.87. The lowest BCUT2D eigenvalue weighted by Gasteiger charge is -2.27. The van der Waals surface area contributed by atoms with Crippen molar-refractivity contribution in [3.05, 3.63) is 22.3 Å². The number of nitrogens with one attached hydrogen (secondary N) is 1. The highest BCUT2D eigenvalue weighted by Crippen LogP contribution is 2.23. The van der Waals surface area contributed by atoms with E-state index in [1.54, 1.807) is 0 Å². The van der Waals surface area contributed by atoms with E-state index in [1.807, 2.05) is 6.20 Å². The normalized spacial score (nSPS) is 25.4. The van der Waals surface area contributed by atoms with Crippen LogP contribution in [0, 0.1) is 6.92 Å². The summed E-state index contributed by atoms with van der Waals surface area (Å²) in [6, 6.07) is 2.52. The molecule has 88 valence electrons. The molecule has 1 aliphatic rings. The number of pyridine rings is 1. The molecule has 0 aliphatic heterocycles.